The lowest BCUT2D eigenvalue weighted by Crippen LogP contribution is -2.31. The van der Waals surface area contributed by atoms with Crippen molar-refractivity contribution < 1.29 is 8.42 Å². The second-order valence-corrected chi connectivity index (χ2v) is 8.50. The van der Waals surface area contributed by atoms with Crippen LogP contribution in [0.3, 0.4) is 0 Å². The first-order valence-electron chi connectivity index (χ1n) is 8.17. The summed E-state index contributed by atoms with van der Waals surface area (Å²) in [5.41, 5.74) is 2.50. The molecule has 1 aliphatic rings. The molecule has 0 spiro atoms. The van der Waals surface area contributed by atoms with Gasteiger partial charge in [-0.05, 0) is 24.5 Å². The van der Waals surface area contributed by atoms with E-state index in [1.807, 2.05) is 24.1 Å². The van der Waals surface area contributed by atoms with Crippen LogP contribution in [0.25, 0.3) is 0 Å². The zero-order valence-electron chi connectivity index (χ0n) is 14.2. The van der Waals surface area contributed by atoms with Crippen molar-refractivity contribution in [2.75, 3.05) is 19.3 Å². The zero-order valence-corrected chi connectivity index (χ0v) is 15.0. The fourth-order valence-electron chi connectivity index (χ4n) is 3.33. The van der Waals surface area contributed by atoms with Gasteiger partial charge in [0.15, 0.2) is 0 Å². The Morgan fingerprint density at radius 2 is 2.21 bits per heavy atom. The average molecular weight is 351 g/mol. The van der Waals surface area contributed by atoms with E-state index >= 15 is 0 Å². The minimum Gasteiger partial charge on any atom is -0.350 e. The van der Waals surface area contributed by atoms with Crippen molar-refractivity contribution in [1.82, 2.24) is 24.0 Å². The van der Waals surface area contributed by atoms with Gasteiger partial charge in [-0.25, -0.2) is 13.1 Å². The van der Waals surface area contributed by atoms with E-state index in [0.29, 0.717) is 12.5 Å². The predicted octanol–water partition coefficient (Wildman–Crippen LogP) is 0.793. The number of fused-ring (bicyclic) bond motifs is 1. The summed E-state index contributed by atoms with van der Waals surface area (Å²) in [5, 5.41) is 4.24. The topological polar surface area (TPSA) is 72.2 Å². The van der Waals surface area contributed by atoms with Crippen LogP contribution >= 0.6 is 0 Å². The van der Waals surface area contributed by atoms with E-state index < -0.39 is 10.0 Å². The molecule has 3 heterocycles. The Balaban J connectivity index is 1.68. The fourth-order valence-corrected chi connectivity index (χ4v) is 3.82. The summed E-state index contributed by atoms with van der Waals surface area (Å²) < 4.78 is 29.3. The van der Waals surface area contributed by atoms with Gasteiger partial charge in [-0.3, -0.25) is 9.58 Å². The van der Waals surface area contributed by atoms with E-state index in [1.54, 1.807) is 0 Å². The smallest absolute Gasteiger partial charge is 0.208 e. The van der Waals surface area contributed by atoms with Crippen LogP contribution in [-0.2, 0) is 36.7 Å². The SMILES string of the molecule is Cn1cc(CN2Cc3cccn3C[C@@H](CCNS(C)(=O)=O)C2)cn1. The first-order chi connectivity index (χ1) is 11.4. The van der Waals surface area contributed by atoms with Crippen molar-refractivity contribution in [3.05, 3.63) is 42.0 Å². The van der Waals surface area contributed by atoms with Crippen molar-refractivity contribution in [2.24, 2.45) is 13.0 Å². The number of hydrogen-bond donors (Lipinski definition) is 1. The Labute approximate surface area is 143 Å². The van der Waals surface area contributed by atoms with Crippen molar-refractivity contribution in [3.8, 4) is 0 Å². The predicted molar refractivity (Wildman–Crippen MR) is 92.7 cm³/mol. The Bertz CT molecular complexity index is 780. The summed E-state index contributed by atoms with van der Waals surface area (Å²) >= 11 is 0. The fraction of sp³-hybridized carbons (Fsp3) is 0.562. The van der Waals surface area contributed by atoms with E-state index in [9.17, 15) is 8.42 Å². The van der Waals surface area contributed by atoms with Gasteiger partial charge in [0.2, 0.25) is 10.0 Å². The molecule has 3 rings (SSSR count). The van der Waals surface area contributed by atoms with Crippen LogP contribution in [0.2, 0.25) is 0 Å². The van der Waals surface area contributed by atoms with Crippen LogP contribution in [0.1, 0.15) is 17.7 Å². The van der Waals surface area contributed by atoms with Crippen molar-refractivity contribution in [2.45, 2.75) is 26.1 Å². The quantitative estimate of drug-likeness (QED) is 0.835. The highest BCUT2D eigenvalue weighted by Crippen LogP contribution is 2.20. The molecule has 0 saturated heterocycles. The zero-order chi connectivity index (χ0) is 17.2. The minimum atomic E-state index is -3.12. The maximum atomic E-state index is 11.3. The third-order valence-corrected chi connectivity index (χ3v) is 5.09. The Hall–Kier alpha value is -1.64. The van der Waals surface area contributed by atoms with E-state index in [-0.39, 0.29) is 0 Å². The van der Waals surface area contributed by atoms with Gasteiger partial charge in [-0.15, -0.1) is 0 Å². The molecule has 1 aliphatic heterocycles. The molecular formula is C16H25N5O2S. The van der Waals surface area contributed by atoms with E-state index in [0.717, 1.165) is 32.6 Å². The molecule has 0 amide bonds. The lowest BCUT2D eigenvalue weighted by molar-refractivity contribution is 0.216. The minimum absolute atomic E-state index is 0.407. The number of aromatic nitrogens is 3. The third kappa shape index (κ3) is 4.68. The van der Waals surface area contributed by atoms with Gasteiger partial charge < -0.3 is 4.57 Å². The van der Waals surface area contributed by atoms with Gasteiger partial charge in [-0.2, -0.15) is 5.10 Å². The van der Waals surface area contributed by atoms with E-state index in [1.165, 1.54) is 17.5 Å². The van der Waals surface area contributed by atoms with E-state index in [4.69, 9.17) is 0 Å². The summed E-state index contributed by atoms with van der Waals surface area (Å²) in [6, 6.07) is 4.24. The molecule has 1 N–H and O–H groups in total. The summed E-state index contributed by atoms with van der Waals surface area (Å²) in [5.74, 6) is 0.407. The first kappa shape index (κ1) is 17.2. The van der Waals surface area contributed by atoms with Crippen LogP contribution < -0.4 is 4.72 Å². The molecule has 2 aromatic rings. The van der Waals surface area contributed by atoms with Crippen LogP contribution in [0, 0.1) is 5.92 Å². The molecule has 2 aromatic heterocycles. The normalized spacial score (nSPS) is 19.2. The monoisotopic (exact) mass is 351 g/mol. The van der Waals surface area contributed by atoms with Crippen LogP contribution in [-0.4, -0.2) is 47.0 Å². The highest BCUT2D eigenvalue weighted by Gasteiger charge is 2.22. The van der Waals surface area contributed by atoms with Crippen LogP contribution in [0.15, 0.2) is 30.7 Å². The van der Waals surface area contributed by atoms with Gasteiger partial charge in [0.05, 0.1) is 12.5 Å². The molecule has 0 fully saturated rings. The van der Waals surface area contributed by atoms with Crippen molar-refractivity contribution in [1.29, 1.82) is 0 Å². The summed E-state index contributed by atoms with van der Waals surface area (Å²) in [7, 11) is -1.20. The maximum absolute atomic E-state index is 11.3. The molecule has 7 nitrogen and oxygen atoms in total. The summed E-state index contributed by atoms with van der Waals surface area (Å²) in [6.07, 6.45) is 8.10. The molecular weight excluding hydrogens is 326 g/mol. The van der Waals surface area contributed by atoms with Gasteiger partial charge in [0, 0.05) is 63.4 Å². The second-order valence-electron chi connectivity index (χ2n) is 6.66. The largest absolute Gasteiger partial charge is 0.350 e. The Morgan fingerprint density at radius 1 is 1.38 bits per heavy atom. The lowest BCUT2D eigenvalue weighted by Gasteiger charge is -2.23. The second kappa shape index (κ2) is 7.08. The maximum Gasteiger partial charge on any atom is 0.208 e. The molecule has 0 aromatic carbocycles. The van der Waals surface area contributed by atoms with Crippen LogP contribution in [0.4, 0.5) is 0 Å². The van der Waals surface area contributed by atoms with Gasteiger partial charge in [-0.1, -0.05) is 0 Å². The number of nitrogens with zero attached hydrogens (tertiary/aromatic N) is 4. The Morgan fingerprint density at radius 3 is 2.92 bits per heavy atom. The molecule has 0 radical (unpaired) electrons. The number of nitrogens with one attached hydrogen (secondary N) is 1. The van der Waals surface area contributed by atoms with Gasteiger partial charge in [0.1, 0.15) is 0 Å². The van der Waals surface area contributed by atoms with Gasteiger partial charge >= 0.3 is 0 Å². The highest BCUT2D eigenvalue weighted by molar-refractivity contribution is 7.88. The molecule has 0 bridgehead atoms. The van der Waals surface area contributed by atoms with Crippen molar-refractivity contribution >= 4 is 10.0 Å². The lowest BCUT2D eigenvalue weighted by atomic mass is 10.1. The molecule has 1 atom stereocenters. The van der Waals surface area contributed by atoms with Gasteiger partial charge in [0.25, 0.3) is 0 Å². The number of aryl methyl sites for hydroxylation is 1. The molecule has 132 valence electrons. The average Bonchev–Trinajstić information content (AvgIpc) is 3.03. The number of hydrogen-bond acceptors (Lipinski definition) is 4. The number of sulfonamides is 1. The molecule has 0 aliphatic carbocycles. The first-order valence-corrected chi connectivity index (χ1v) is 10.1. The Kier molecular flexibility index (Phi) is 5.07. The standard InChI is InChI=1S/C16H25N5O2S/c1-19-9-15(8-17-19)11-20-10-14(5-6-18-24(2,22)23)12-21-7-3-4-16(21)13-20/h3-4,7-9,14,18H,5-6,10-13H2,1-2H3/t14-/m0/s1. The molecule has 0 saturated carbocycles. The molecule has 0 unspecified atom stereocenters. The van der Waals surface area contributed by atoms with Crippen LogP contribution in [0.5, 0.6) is 0 Å². The van der Waals surface area contributed by atoms with Crippen molar-refractivity contribution in [3.63, 3.8) is 0 Å². The highest BCUT2D eigenvalue weighted by atomic mass is 32.2. The summed E-state index contributed by atoms with van der Waals surface area (Å²) in [6.45, 7) is 4.12. The summed E-state index contributed by atoms with van der Waals surface area (Å²) in [4.78, 5) is 2.42. The molecule has 8 heteroatoms. The van der Waals surface area contributed by atoms with E-state index in [2.05, 4.69) is 37.6 Å². The third-order valence-electron chi connectivity index (χ3n) is 4.36. The molecule has 24 heavy (non-hydrogen) atoms. The number of rotatable bonds is 6.